The minimum Gasteiger partial charge on any atom is -0.269 e. The summed E-state index contributed by atoms with van der Waals surface area (Å²) in [7, 11) is 0. The Labute approximate surface area is 120 Å². The molecular weight excluding hydrogens is 256 g/mol. The van der Waals surface area contributed by atoms with E-state index in [0.717, 1.165) is 31.2 Å². The Kier molecular flexibility index (Phi) is 7.26. The van der Waals surface area contributed by atoms with Crippen LogP contribution < -0.4 is 0 Å². The number of carbonyl (C=O) groups is 1. The van der Waals surface area contributed by atoms with E-state index in [4.69, 9.17) is 4.89 Å². The van der Waals surface area contributed by atoms with E-state index in [1.165, 1.54) is 0 Å². The van der Waals surface area contributed by atoms with Gasteiger partial charge in [0.15, 0.2) is 0 Å². The third-order valence-electron chi connectivity index (χ3n) is 3.07. The van der Waals surface area contributed by atoms with Gasteiger partial charge in [0.2, 0.25) is 0 Å². The molecule has 0 fully saturated rings. The van der Waals surface area contributed by atoms with Crippen LogP contribution in [0, 0.1) is 0 Å². The van der Waals surface area contributed by atoms with Crippen molar-refractivity contribution in [2.45, 2.75) is 58.5 Å². The average molecular weight is 280 g/mol. The van der Waals surface area contributed by atoms with E-state index < -0.39 is 11.6 Å². The van der Waals surface area contributed by atoms with Gasteiger partial charge < -0.3 is 0 Å². The number of hydrogen-bond acceptors (Lipinski definition) is 4. The maximum Gasteiger partial charge on any atom is 0.345 e. The lowest BCUT2D eigenvalue weighted by Crippen LogP contribution is -2.22. The van der Waals surface area contributed by atoms with Gasteiger partial charge in [0.1, 0.15) is 5.60 Å². The van der Waals surface area contributed by atoms with Crippen LogP contribution in [0.2, 0.25) is 0 Å². The molecule has 0 aliphatic rings. The molecule has 1 aromatic rings. The summed E-state index contributed by atoms with van der Waals surface area (Å²) in [6, 6.07) is 9.61. The van der Waals surface area contributed by atoms with E-state index in [1.54, 1.807) is 0 Å². The van der Waals surface area contributed by atoms with Crippen LogP contribution in [0.25, 0.3) is 0 Å². The lowest BCUT2D eigenvalue weighted by Gasteiger charge is -2.22. The minimum atomic E-state index is -0.677. The van der Waals surface area contributed by atoms with E-state index in [-0.39, 0.29) is 0 Å². The van der Waals surface area contributed by atoms with Crippen molar-refractivity contribution in [3.05, 3.63) is 35.9 Å². The van der Waals surface area contributed by atoms with Gasteiger partial charge in [0, 0.05) is 6.42 Å². The van der Waals surface area contributed by atoms with Crippen molar-refractivity contribution in [1.29, 1.82) is 0 Å². The molecule has 1 aromatic carbocycles. The van der Waals surface area contributed by atoms with Gasteiger partial charge in [-0.25, -0.2) is 4.79 Å². The first-order valence-corrected chi connectivity index (χ1v) is 7.17. The summed E-state index contributed by atoms with van der Waals surface area (Å²) in [5.41, 5.74) is 0.267. The van der Waals surface area contributed by atoms with E-state index >= 15 is 0 Å². The molecule has 0 amide bonds. The monoisotopic (exact) mass is 280 g/mol. The summed E-state index contributed by atoms with van der Waals surface area (Å²) in [6.45, 7) is 5.82. The molecule has 0 N–H and O–H groups in total. The number of rotatable bonds is 9. The molecule has 0 unspecified atom stereocenters. The van der Waals surface area contributed by atoms with Crippen molar-refractivity contribution < 1.29 is 19.6 Å². The number of benzene rings is 1. The first kappa shape index (κ1) is 16.7. The summed E-state index contributed by atoms with van der Waals surface area (Å²) >= 11 is 0. The third kappa shape index (κ3) is 6.17. The molecule has 20 heavy (non-hydrogen) atoms. The second kappa shape index (κ2) is 8.72. The topological polar surface area (TPSA) is 44.8 Å². The maximum atomic E-state index is 11.4. The fourth-order valence-electron chi connectivity index (χ4n) is 1.77. The van der Waals surface area contributed by atoms with Crippen LogP contribution in [0.15, 0.2) is 30.3 Å². The van der Waals surface area contributed by atoms with Crippen molar-refractivity contribution >= 4 is 5.97 Å². The van der Waals surface area contributed by atoms with Gasteiger partial charge in [0.25, 0.3) is 0 Å². The summed E-state index contributed by atoms with van der Waals surface area (Å²) in [5, 5.41) is 4.62. The van der Waals surface area contributed by atoms with Crippen molar-refractivity contribution in [3.8, 4) is 0 Å². The standard InChI is InChI=1S/C16H24O4/c1-4-5-6-10-13-15(17)18-20-19-16(2,3)14-11-8-7-9-12-14/h7-9,11-12H,4-6,10,13H2,1-3H3. The maximum absolute atomic E-state index is 11.4. The summed E-state index contributed by atoms with van der Waals surface area (Å²) in [5.74, 6) is -0.398. The Hall–Kier alpha value is -1.39. The summed E-state index contributed by atoms with van der Waals surface area (Å²) < 4.78 is 0. The quantitative estimate of drug-likeness (QED) is 0.384. The average Bonchev–Trinajstić information content (AvgIpc) is 2.44. The lowest BCUT2D eigenvalue weighted by molar-refractivity contribution is -0.520. The molecule has 112 valence electrons. The van der Waals surface area contributed by atoms with Crippen LogP contribution in [-0.2, 0) is 25.2 Å². The van der Waals surface area contributed by atoms with E-state index in [1.807, 2.05) is 44.2 Å². The smallest absolute Gasteiger partial charge is 0.269 e. The molecule has 0 aromatic heterocycles. The van der Waals surface area contributed by atoms with Crippen molar-refractivity contribution in [2.24, 2.45) is 0 Å². The van der Waals surface area contributed by atoms with Crippen LogP contribution in [0.3, 0.4) is 0 Å². The van der Waals surface area contributed by atoms with Crippen LogP contribution >= 0.6 is 0 Å². The Morgan fingerprint density at radius 2 is 1.80 bits per heavy atom. The van der Waals surface area contributed by atoms with Crippen LogP contribution in [-0.4, -0.2) is 5.97 Å². The van der Waals surface area contributed by atoms with Gasteiger partial charge in [-0.3, -0.25) is 4.89 Å². The number of unbranched alkanes of at least 4 members (excludes halogenated alkanes) is 3. The minimum absolute atomic E-state index is 0.356. The molecule has 0 aliphatic heterocycles. The highest BCUT2D eigenvalue weighted by Gasteiger charge is 2.23. The summed E-state index contributed by atoms with van der Waals surface area (Å²) in [4.78, 5) is 21.2. The predicted molar refractivity (Wildman–Crippen MR) is 76.5 cm³/mol. The molecule has 0 saturated heterocycles. The normalized spacial score (nSPS) is 11.3. The highest BCUT2D eigenvalue weighted by atomic mass is 17.5. The highest BCUT2D eigenvalue weighted by molar-refractivity contribution is 5.68. The van der Waals surface area contributed by atoms with Crippen LogP contribution in [0.4, 0.5) is 0 Å². The molecular formula is C16H24O4. The molecule has 0 aliphatic carbocycles. The van der Waals surface area contributed by atoms with Crippen molar-refractivity contribution in [2.75, 3.05) is 0 Å². The molecule has 0 spiro atoms. The second-order valence-corrected chi connectivity index (χ2v) is 5.29. The molecule has 0 radical (unpaired) electrons. The molecule has 4 nitrogen and oxygen atoms in total. The Morgan fingerprint density at radius 1 is 1.10 bits per heavy atom. The van der Waals surface area contributed by atoms with E-state index in [9.17, 15) is 4.79 Å². The highest BCUT2D eigenvalue weighted by Crippen LogP contribution is 2.24. The number of hydrogen-bond donors (Lipinski definition) is 0. The van der Waals surface area contributed by atoms with Gasteiger partial charge in [0.05, 0.1) is 0 Å². The number of carbonyl (C=O) groups excluding carboxylic acids is 1. The van der Waals surface area contributed by atoms with Crippen LogP contribution in [0.5, 0.6) is 0 Å². The van der Waals surface area contributed by atoms with Crippen molar-refractivity contribution in [3.63, 3.8) is 0 Å². The Balaban J connectivity index is 2.24. The zero-order valence-corrected chi connectivity index (χ0v) is 12.6. The van der Waals surface area contributed by atoms with Gasteiger partial charge in [-0.1, -0.05) is 56.5 Å². The van der Waals surface area contributed by atoms with Gasteiger partial charge >= 0.3 is 5.97 Å². The molecule has 4 heteroatoms. The largest absolute Gasteiger partial charge is 0.345 e. The molecule has 0 atom stereocenters. The summed E-state index contributed by atoms with van der Waals surface area (Å²) in [6.07, 6.45) is 4.47. The van der Waals surface area contributed by atoms with E-state index in [2.05, 4.69) is 16.8 Å². The first-order valence-electron chi connectivity index (χ1n) is 7.17. The second-order valence-electron chi connectivity index (χ2n) is 5.29. The van der Waals surface area contributed by atoms with Crippen molar-refractivity contribution in [1.82, 2.24) is 0 Å². The van der Waals surface area contributed by atoms with Gasteiger partial charge in [-0.2, -0.15) is 4.89 Å². The van der Waals surface area contributed by atoms with E-state index in [0.29, 0.717) is 6.42 Å². The van der Waals surface area contributed by atoms with Gasteiger partial charge in [-0.05, 0) is 30.9 Å². The first-order chi connectivity index (χ1) is 9.56. The Bertz CT molecular complexity index is 387. The zero-order valence-electron chi connectivity index (χ0n) is 12.6. The SMILES string of the molecule is CCCCCCC(=O)OOOC(C)(C)c1ccccc1. The molecule has 0 saturated carbocycles. The molecule has 1 rings (SSSR count). The third-order valence-corrected chi connectivity index (χ3v) is 3.07. The molecule has 0 bridgehead atoms. The lowest BCUT2D eigenvalue weighted by atomic mass is 9.99. The zero-order chi connectivity index (χ0) is 14.8. The molecule has 0 heterocycles. The fourth-order valence-corrected chi connectivity index (χ4v) is 1.77. The Morgan fingerprint density at radius 3 is 2.45 bits per heavy atom. The van der Waals surface area contributed by atoms with Gasteiger partial charge in [-0.15, -0.1) is 0 Å². The fraction of sp³-hybridized carbons (Fsp3) is 0.562. The predicted octanol–water partition coefficient (Wildman–Crippen LogP) is 4.30. The van der Waals surface area contributed by atoms with Crippen LogP contribution in [0.1, 0.15) is 58.4 Å².